The Labute approximate surface area is 96.5 Å². The lowest BCUT2D eigenvalue weighted by Gasteiger charge is -2.35. The summed E-state index contributed by atoms with van der Waals surface area (Å²) in [7, 11) is 0. The average Bonchev–Trinajstić information content (AvgIpc) is 2.32. The second kappa shape index (κ2) is 4.83. The maximum atomic E-state index is 13.7. The van der Waals surface area contributed by atoms with E-state index in [2.05, 4.69) is 17.1 Å². The van der Waals surface area contributed by atoms with Gasteiger partial charge >= 0.3 is 0 Å². The second-order valence-corrected chi connectivity index (χ2v) is 4.46. The molecular weight excluding hydrogens is 203 g/mol. The second-order valence-electron chi connectivity index (χ2n) is 4.46. The van der Waals surface area contributed by atoms with Crippen molar-refractivity contribution in [2.45, 2.75) is 26.3 Å². The minimum atomic E-state index is -0.109. The lowest BCUT2D eigenvalue weighted by atomic mass is 10.1. The number of benzene rings is 1. The molecule has 1 aromatic rings. The van der Waals surface area contributed by atoms with Crippen LogP contribution in [-0.2, 0) is 0 Å². The summed E-state index contributed by atoms with van der Waals surface area (Å²) >= 11 is 0. The van der Waals surface area contributed by atoms with Crippen LogP contribution in [0, 0.1) is 12.7 Å². The van der Waals surface area contributed by atoms with Crippen LogP contribution in [0.25, 0.3) is 0 Å². The Hall–Kier alpha value is -1.09. The fourth-order valence-electron chi connectivity index (χ4n) is 2.18. The van der Waals surface area contributed by atoms with E-state index in [1.807, 2.05) is 19.1 Å². The van der Waals surface area contributed by atoms with E-state index >= 15 is 0 Å². The van der Waals surface area contributed by atoms with Gasteiger partial charge in [-0.15, -0.1) is 0 Å². The molecule has 0 radical (unpaired) electrons. The number of anilines is 1. The molecule has 0 spiro atoms. The number of hydrogen-bond donors (Lipinski definition) is 1. The largest absolute Gasteiger partial charge is 0.366 e. The molecule has 1 aromatic carbocycles. The summed E-state index contributed by atoms with van der Waals surface area (Å²) in [6, 6.07) is 5.80. The Balaban J connectivity index is 2.19. The third-order valence-electron chi connectivity index (χ3n) is 3.19. The van der Waals surface area contributed by atoms with Crippen LogP contribution < -0.4 is 10.2 Å². The van der Waals surface area contributed by atoms with Crippen LogP contribution in [0.2, 0.25) is 0 Å². The summed E-state index contributed by atoms with van der Waals surface area (Å²) in [5.74, 6) is -0.109. The van der Waals surface area contributed by atoms with Crippen molar-refractivity contribution in [2.24, 2.45) is 0 Å². The Bertz CT molecular complexity index is 365. The first kappa shape index (κ1) is 11.4. The number of halogens is 1. The van der Waals surface area contributed by atoms with Crippen molar-refractivity contribution >= 4 is 5.69 Å². The van der Waals surface area contributed by atoms with Crippen molar-refractivity contribution in [1.29, 1.82) is 0 Å². The highest BCUT2D eigenvalue weighted by Crippen LogP contribution is 2.22. The Morgan fingerprint density at radius 1 is 1.50 bits per heavy atom. The summed E-state index contributed by atoms with van der Waals surface area (Å²) in [6.45, 7) is 6.88. The van der Waals surface area contributed by atoms with E-state index in [0.29, 0.717) is 6.04 Å². The van der Waals surface area contributed by atoms with Gasteiger partial charge in [-0.25, -0.2) is 4.39 Å². The normalized spacial score (nSPS) is 21.2. The zero-order valence-corrected chi connectivity index (χ0v) is 9.96. The zero-order chi connectivity index (χ0) is 11.5. The Kier molecular flexibility index (Phi) is 3.44. The lowest BCUT2D eigenvalue weighted by molar-refractivity contribution is 0.443. The SMILES string of the molecule is CCC1CN(c2cc(C)ccc2F)CCN1. The number of nitrogens with zero attached hydrogens (tertiary/aromatic N) is 1. The van der Waals surface area contributed by atoms with Gasteiger partial charge in [-0.3, -0.25) is 0 Å². The van der Waals surface area contributed by atoms with Crippen molar-refractivity contribution in [3.63, 3.8) is 0 Å². The molecule has 1 aliphatic heterocycles. The molecule has 1 unspecified atom stereocenters. The molecule has 0 aliphatic carbocycles. The van der Waals surface area contributed by atoms with Gasteiger partial charge < -0.3 is 10.2 Å². The van der Waals surface area contributed by atoms with Crippen LogP contribution in [0.5, 0.6) is 0 Å². The van der Waals surface area contributed by atoms with E-state index in [9.17, 15) is 4.39 Å². The van der Waals surface area contributed by atoms with Crippen LogP contribution in [0.15, 0.2) is 18.2 Å². The molecular formula is C13H19FN2. The molecule has 1 aliphatic rings. The molecule has 1 saturated heterocycles. The first-order chi connectivity index (χ1) is 7.70. The maximum absolute atomic E-state index is 13.7. The van der Waals surface area contributed by atoms with Gasteiger partial charge in [0.15, 0.2) is 0 Å². The lowest BCUT2D eigenvalue weighted by Crippen LogP contribution is -2.50. The molecule has 1 heterocycles. The summed E-state index contributed by atoms with van der Waals surface area (Å²) in [5, 5.41) is 3.44. The molecule has 1 atom stereocenters. The van der Waals surface area contributed by atoms with Gasteiger partial charge in [-0.2, -0.15) is 0 Å². The van der Waals surface area contributed by atoms with E-state index in [0.717, 1.165) is 37.3 Å². The molecule has 2 nitrogen and oxygen atoms in total. The van der Waals surface area contributed by atoms with Crippen LogP contribution in [-0.4, -0.2) is 25.7 Å². The summed E-state index contributed by atoms with van der Waals surface area (Å²) < 4.78 is 13.7. The fourth-order valence-corrected chi connectivity index (χ4v) is 2.18. The number of aryl methyl sites for hydroxylation is 1. The van der Waals surface area contributed by atoms with E-state index in [1.165, 1.54) is 0 Å². The number of nitrogens with one attached hydrogen (secondary N) is 1. The van der Waals surface area contributed by atoms with E-state index in [-0.39, 0.29) is 5.82 Å². The van der Waals surface area contributed by atoms with Crippen molar-refractivity contribution in [2.75, 3.05) is 24.5 Å². The molecule has 1 N–H and O–H groups in total. The number of piperazine rings is 1. The molecule has 0 bridgehead atoms. The summed E-state index contributed by atoms with van der Waals surface area (Å²) in [5.41, 5.74) is 1.86. The monoisotopic (exact) mass is 222 g/mol. The van der Waals surface area contributed by atoms with E-state index in [4.69, 9.17) is 0 Å². The van der Waals surface area contributed by atoms with Gasteiger partial charge in [-0.1, -0.05) is 13.0 Å². The van der Waals surface area contributed by atoms with Crippen LogP contribution in [0.3, 0.4) is 0 Å². The quantitative estimate of drug-likeness (QED) is 0.826. The molecule has 16 heavy (non-hydrogen) atoms. The number of rotatable bonds is 2. The summed E-state index contributed by atoms with van der Waals surface area (Å²) in [6.07, 6.45) is 1.09. The van der Waals surface area contributed by atoms with Gasteiger partial charge in [0.1, 0.15) is 5.82 Å². The van der Waals surface area contributed by atoms with E-state index < -0.39 is 0 Å². The van der Waals surface area contributed by atoms with Crippen LogP contribution >= 0.6 is 0 Å². The first-order valence-electron chi connectivity index (χ1n) is 5.95. The highest BCUT2D eigenvalue weighted by Gasteiger charge is 2.20. The number of hydrogen-bond acceptors (Lipinski definition) is 2. The molecule has 0 saturated carbocycles. The topological polar surface area (TPSA) is 15.3 Å². The Morgan fingerprint density at radius 2 is 2.31 bits per heavy atom. The zero-order valence-electron chi connectivity index (χ0n) is 9.96. The molecule has 0 aromatic heterocycles. The molecule has 88 valence electrons. The molecule has 3 heteroatoms. The van der Waals surface area contributed by atoms with Crippen molar-refractivity contribution in [3.05, 3.63) is 29.6 Å². The molecule has 0 amide bonds. The highest BCUT2D eigenvalue weighted by atomic mass is 19.1. The third-order valence-corrected chi connectivity index (χ3v) is 3.19. The minimum Gasteiger partial charge on any atom is -0.366 e. The van der Waals surface area contributed by atoms with Crippen LogP contribution in [0.4, 0.5) is 10.1 Å². The minimum absolute atomic E-state index is 0.109. The smallest absolute Gasteiger partial charge is 0.146 e. The summed E-state index contributed by atoms with van der Waals surface area (Å²) in [4.78, 5) is 2.15. The van der Waals surface area contributed by atoms with Crippen molar-refractivity contribution in [1.82, 2.24) is 5.32 Å². The van der Waals surface area contributed by atoms with Gasteiger partial charge in [0.05, 0.1) is 5.69 Å². The fraction of sp³-hybridized carbons (Fsp3) is 0.538. The van der Waals surface area contributed by atoms with Gasteiger partial charge in [-0.05, 0) is 31.0 Å². The van der Waals surface area contributed by atoms with Crippen molar-refractivity contribution < 1.29 is 4.39 Å². The molecule has 1 fully saturated rings. The van der Waals surface area contributed by atoms with E-state index in [1.54, 1.807) is 6.07 Å². The predicted molar refractivity (Wildman–Crippen MR) is 65.4 cm³/mol. The van der Waals surface area contributed by atoms with Gasteiger partial charge in [0.25, 0.3) is 0 Å². The van der Waals surface area contributed by atoms with Crippen LogP contribution in [0.1, 0.15) is 18.9 Å². The third kappa shape index (κ3) is 2.35. The average molecular weight is 222 g/mol. The predicted octanol–water partition coefficient (Wildman–Crippen LogP) is 2.32. The van der Waals surface area contributed by atoms with Crippen molar-refractivity contribution in [3.8, 4) is 0 Å². The van der Waals surface area contributed by atoms with Gasteiger partial charge in [0, 0.05) is 25.7 Å². The molecule has 2 rings (SSSR count). The Morgan fingerprint density at radius 3 is 3.06 bits per heavy atom. The maximum Gasteiger partial charge on any atom is 0.146 e. The standard InChI is InChI=1S/C13H19FN2/c1-3-11-9-16(7-6-15-11)13-8-10(2)4-5-12(13)14/h4-5,8,11,15H,3,6-7,9H2,1-2H3. The highest BCUT2D eigenvalue weighted by molar-refractivity contribution is 5.50. The first-order valence-corrected chi connectivity index (χ1v) is 5.95. The van der Waals surface area contributed by atoms with Gasteiger partial charge in [0.2, 0.25) is 0 Å².